The first-order valence-corrected chi connectivity index (χ1v) is 6.70. The summed E-state index contributed by atoms with van der Waals surface area (Å²) in [7, 11) is 0. The van der Waals surface area contributed by atoms with Gasteiger partial charge in [-0.1, -0.05) is 22.9 Å². The van der Waals surface area contributed by atoms with Gasteiger partial charge in [0.2, 0.25) is 5.91 Å². The highest BCUT2D eigenvalue weighted by Gasteiger charge is 2.48. The molecule has 0 saturated heterocycles. The van der Waals surface area contributed by atoms with Crippen LogP contribution in [0.4, 0.5) is 5.69 Å². The maximum atomic E-state index is 12.1. The van der Waals surface area contributed by atoms with Crippen LogP contribution in [0.25, 0.3) is 0 Å². The van der Waals surface area contributed by atoms with Gasteiger partial charge in [-0.15, -0.1) is 0 Å². The van der Waals surface area contributed by atoms with Crippen LogP contribution in [-0.2, 0) is 11.2 Å². The van der Waals surface area contributed by atoms with Crippen LogP contribution in [0.2, 0.25) is 0 Å². The lowest BCUT2D eigenvalue weighted by Crippen LogP contribution is -2.31. The molecule has 0 heterocycles. The monoisotopic (exact) mass is 296 g/mol. The summed E-state index contributed by atoms with van der Waals surface area (Å²) in [6.45, 7) is 2.52. The van der Waals surface area contributed by atoms with Crippen molar-refractivity contribution in [1.82, 2.24) is 0 Å². The third-order valence-electron chi connectivity index (χ3n) is 3.42. The summed E-state index contributed by atoms with van der Waals surface area (Å²) in [6.07, 6.45) is 2.71. The van der Waals surface area contributed by atoms with Gasteiger partial charge in [0.05, 0.1) is 5.41 Å². The maximum Gasteiger partial charge on any atom is 0.231 e. The summed E-state index contributed by atoms with van der Waals surface area (Å²) in [5, 5.41) is 3.00. The highest BCUT2D eigenvalue weighted by Crippen LogP contribution is 2.45. The number of benzene rings is 1. The predicted molar refractivity (Wildman–Crippen MR) is 72.9 cm³/mol. The molecule has 1 aliphatic carbocycles. The first-order valence-electron chi connectivity index (χ1n) is 5.91. The Bertz CT molecular complexity index is 441. The minimum Gasteiger partial charge on any atom is -0.329 e. The fourth-order valence-corrected chi connectivity index (χ4v) is 2.31. The standard InChI is InChI=1S/C13H17BrN2O/c1-2-9-7-10(14)3-4-11(9)16-12(17)13(8-15)5-6-13/h3-4,7H,2,5-6,8,15H2,1H3,(H,16,17). The molecule has 0 spiro atoms. The van der Waals surface area contributed by atoms with Crippen LogP contribution in [0.3, 0.4) is 0 Å². The molecule has 0 unspecified atom stereocenters. The van der Waals surface area contributed by atoms with Gasteiger partial charge in [-0.2, -0.15) is 0 Å². The average molecular weight is 297 g/mol. The first-order chi connectivity index (χ1) is 8.11. The van der Waals surface area contributed by atoms with E-state index in [2.05, 4.69) is 28.2 Å². The van der Waals surface area contributed by atoms with E-state index in [0.717, 1.165) is 35.0 Å². The molecule has 2 rings (SSSR count). The van der Waals surface area contributed by atoms with Crippen molar-refractivity contribution in [2.45, 2.75) is 26.2 Å². The molecular formula is C13H17BrN2O. The fourth-order valence-electron chi connectivity index (χ4n) is 1.91. The fraction of sp³-hybridized carbons (Fsp3) is 0.462. The smallest absolute Gasteiger partial charge is 0.231 e. The van der Waals surface area contributed by atoms with Crippen LogP contribution in [0.5, 0.6) is 0 Å². The molecule has 92 valence electrons. The average Bonchev–Trinajstić information content (AvgIpc) is 3.12. The molecule has 3 nitrogen and oxygen atoms in total. The molecule has 1 saturated carbocycles. The van der Waals surface area contributed by atoms with E-state index in [1.807, 2.05) is 18.2 Å². The van der Waals surface area contributed by atoms with E-state index in [4.69, 9.17) is 5.73 Å². The van der Waals surface area contributed by atoms with Gasteiger partial charge < -0.3 is 11.1 Å². The SMILES string of the molecule is CCc1cc(Br)ccc1NC(=O)C1(CN)CC1. The number of hydrogen-bond donors (Lipinski definition) is 2. The number of aryl methyl sites for hydroxylation is 1. The highest BCUT2D eigenvalue weighted by atomic mass is 79.9. The van der Waals surface area contributed by atoms with Crippen LogP contribution >= 0.6 is 15.9 Å². The maximum absolute atomic E-state index is 12.1. The number of nitrogens with one attached hydrogen (secondary N) is 1. The van der Waals surface area contributed by atoms with E-state index in [9.17, 15) is 4.79 Å². The second kappa shape index (κ2) is 4.78. The Morgan fingerprint density at radius 3 is 2.76 bits per heavy atom. The normalized spacial score (nSPS) is 16.6. The Morgan fingerprint density at radius 2 is 2.24 bits per heavy atom. The zero-order valence-electron chi connectivity index (χ0n) is 9.92. The first kappa shape index (κ1) is 12.6. The van der Waals surface area contributed by atoms with E-state index < -0.39 is 0 Å². The number of carbonyl (C=O) groups excluding carboxylic acids is 1. The number of anilines is 1. The number of amides is 1. The van der Waals surface area contributed by atoms with E-state index in [0.29, 0.717) is 6.54 Å². The molecule has 1 aromatic carbocycles. The van der Waals surface area contributed by atoms with Crippen molar-refractivity contribution in [1.29, 1.82) is 0 Å². The molecule has 0 aromatic heterocycles. The van der Waals surface area contributed by atoms with Gasteiger partial charge >= 0.3 is 0 Å². The molecule has 0 radical (unpaired) electrons. The summed E-state index contributed by atoms with van der Waals surface area (Å²) >= 11 is 3.44. The lowest BCUT2D eigenvalue weighted by Gasteiger charge is -2.15. The van der Waals surface area contributed by atoms with Crippen LogP contribution in [0.15, 0.2) is 22.7 Å². The third kappa shape index (κ3) is 2.53. The van der Waals surface area contributed by atoms with E-state index >= 15 is 0 Å². The Hall–Kier alpha value is -0.870. The Morgan fingerprint density at radius 1 is 1.53 bits per heavy atom. The van der Waals surface area contributed by atoms with Crippen molar-refractivity contribution >= 4 is 27.5 Å². The summed E-state index contributed by atoms with van der Waals surface area (Å²) in [5.74, 6) is 0.0667. The largest absolute Gasteiger partial charge is 0.329 e. The molecule has 3 N–H and O–H groups in total. The van der Waals surface area contributed by atoms with Gasteiger partial charge in [0.1, 0.15) is 0 Å². The van der Waals surface area contributed by atoms with Gasteiger partial charge in [-0.05, 0) is 43.0 Å². The second-order valence-electron chi connectivity index (χ2n) is 4.59. The number of halogens is 1. The van der Waals surface area contributed by atoms with E-state index in [-0.39, 0.29) is 11.3 Å². The lowest BCUT2D eigenvalue weighted by atomic mass is 10.1. The van der Waals surface area contributed by atoms with Crippen molar-refractivity contribution in [3.8, 4) is 0 Å². The molecule has 0 aliphatic heterocycles. The van der Waals surface area contributed by atoms with Crippen molar-refractivity contribution in [3.63, 3.8) is 0 Å². The van der Waals surface area contributed by atoms with Crippen LogP contribution in [-0.4, -0.2) is 12.5 Å². The zero-order valence-corrected chi connectivity index (χ0v) is 11.5. The topological polar surface area (TPSA) is 55.1 Å². The number of carbonyl (C=O) groups is 1. The Labute approximate surface area is 110 Å². The Balaban J connectivity index is 2.16. The molecule has 17 heavy (non-hydrogen) atoms. The highest BCUT2D eigenvalue weighted by molar-refractivity contribution is 9.10. The number of nitrogens with two attached hydrogens (primary N) is 1. The van der Waals surface area contributed by atoms with Crippen LogP contribution in [0.1, 0.15) is 25.3 Å². The van der Waals surface area contributed by atoms with Gasteiger partial charge in [0, 0.05) is 16.7 Å². The molecule has 1 aromatic rings. The van der Waals surface area contributed by atoms with E-state index in [1.54, 1.807) is 0 Å². The molecule has 1 aliphatic rings. The van der Waals surface area contributed by atoms with Crippen LogP contribution in [0, 0.1) is 5.41 Å². The van der Waals surface area contributed by atoms with Crippen molar-refractivity contribution in [2.24, 2.45) is 11.1 Å². The molecule has 1 fully saturated rings. The molecule has 0 atom stereocenters. The van der Waals surface area contributed by atoms with Crippen molar-refractivity contribution in [3.05, 3.63) is 28.2 Å². The predicted octanol–water partition coefficient (Wildman–Crippen LogP) is 2.69. The molecule has 0 bridgehead atoms. The summed E-state index contributed by atoms with van der Waals surface area (Å²) in [4.78, 5) is 12.1. The van der Waals surface area contributed by atoms with Crippen molar-refractivity contribution < 1.29 is 4.79 Å². The zero-order chi connectivity index (χ0) is 12.5. The molecular weight excluding hydrogens is 280 g/mol. The summed E-state index contributed by atoms with van der Waals surface area (Å²) in [5.41, 5.74) is 7.40. The quantitative estimate of drug-likeness (QED) is 0.897. The van der Waals surface area contributed by atoms with Gasteiger partial charge in [0.15, 0.2) is 0 Å². The number of rotatable bonds is 4. The third-order valence-corrected chi connectivity index (χ3v) is 3.92. The molecule has 1 amide bonds. The van der Waals surface area contributed by atoms with Gasteiger partial charge in [0.25, 0.3) is 0 Å². The summed E-state index contributed by atoms with van der Waals surface area (Å²) < 4.78 is 1.03. The minimum absolute atomic E-state index is 0.0667. The Kier molecular flexibility index (Phi) is 3.54. The molecule has 4 heteroatoms. The van der Waals surface area contributed by atoms with Gasteiger partial charge in [-0.3, -0.25) is 4.79 Å². The lowest BCUT2D eigenvalue weighted by molar-refractivity contribution is -0.120. The van der Waals surface area contributed by atoms with Crippen molar-refractivity contribution in [2.75, 3.05) is 11.9 Å². The number of hydrogen-bond acceptors (Lipinski definition) is 2. The van der Waals surface area contributed by atoms with Gasteiger partial charge in [-0.25, -0.2) is 0 Å². The van der Waals surface area contributed by atoms with E-state index in [1.165, 1.54) is 0 Å². The summed E-state index contributed by atoms with van der Waals surface area (Å²) in [6, 6.07) is 5.92. The minimum atomic E-state index is -0.294. The van der Waals surface area contributed by atoms with Crippen LogP contribution < -0.4 is 11.1 Å². The second-order valence-corrected chi connectivity index (χ2v) is 5.51.